The summed E-state index contributed by atoms with van der Waals surface area (Å²) in [5.41, 5.74) is 4.43. The number of oxazole rings is 1. The number of carbonyl (C=O) groups is 2. The monoisotopic (exact) mass is 451 g/mol. The van der Waals surface area contributed by atoms with Crippen LogP contribution in [0.3, 0.4) is 0 Å². The molecule has 5 rings (SSSR count). The van der Waals surface area contributed by atoms with Crippen molar-refractivity contribution in [1.82, 2.24) is 4.98 Å². The lowest BCUT2D eigenvalue weighted by molar-refractivity contribution is -0.116. The Labute approximate surface area is 198 Å². The summed E-state index contributed by atoms with van der Waals surface area (Å²) >= 11 is 0. The highest BCUT2D eigenvalue weighted by molar-refractivity contribution is 6.07. The molecule has 2 amide bonds. The van der Waals surface area contributed by atoms with Crippen LogP contribution in [-0.2, 0) is 17.6 Å². The van der Waals surface area contributed by atoms with Crippen LogP contribution in [0.1, 0.15) is 34.7 Å². The second-order valence-corrected chi connectivity index (χ2v) is 8.30. The largest absolute Gasteiger partial charge is 0.441 e. The predicted octanol–water partition coefficient (Wildman–Crippen LogP) is 5.51. The van der Waals surface area contributed by atoms with Crippen LogP contribution < -0.4 is 10.2 Å². The lowest BCUT2D eigenvalue weighted by Crippen LogP contribution is -2.28. The Morgan fingerprint density at radius 2 is 1.71 bits per heavy atom. The normalized spacial score (nSPS) is 12.4. The third-order valence-electron chi connectivity index (χ3n) is 5.95. The van der Waals surface area contributed by atoms with Crippen LogP contribution >= 0.6 is 0 Å². The molecular formula is C28H25N3O3. The van der Waals surface area contributed by atoms with Crippen molar-refractivity contribution in [3.05, 3.63) is 102 Å². The quantitative estimate of drug-likeness (QED) is 0.402. The number of hydrogen-bond donors (Lipinski definition) is 1. The molecule has 0 aliphatic carbocycles. The molecule has 6 heteroatoms. The number of amides is 2. The van der Waals surface area contributed by atoms with E-state index in [1.165, 1.54) is 5.56 Å². The van der Waals surface area contributed by atoms with Crippen molar-refractivity contribution in [2.75, 3.05) is 16.8 Å². The topological polar surface area (TPSA) is 75.4 Å². The number of fused-ring (bicyclic) bond motifs is 1. The van der Waals surface area contributed by atoms with Crippen LogP contribution in [0.4, 0.5) is 11.4 Å². The van der Waals surface area contributed by atoms with Gasteiger partial charge in [-0.05, 0) is 48.7 Å². The Kier molecular flexibility index (Phi) is 6.21. The number of aromatic nitrogens is 1. The van der Waals surface area contributed by atoms with E-state index in [1.54, 1.807) is 30.5 Å². The van der Waals surface area contributed by atoms with Crippen LogP contribution in [0.2, 0.25) is 0 Å². The molecule has 170 valence electrons. The first-order valence-electron chi connectivity index (χ1n) is 11.5. The highest BCUT2D eigenvalue weighted by Gasteiger charge is 2.25. The molecule has 2 heterocycles. The fourth-order valence-corrected chi connectivity index (χ4v) is 4.19. The number of hydrogen-bond acceptors (Lipinski definition) is 4. The molecule has 0 radical (unpaired) electrons. The van der Waals surface area contributed by atoms with Crippen molar-refractivity contribution < 1.29 is 14.0 Å². The molecule has 1 aromatic heterocycles. The molecule has 34 heavy (non-hydrogen) atoms. The van der Waals surface area contributed by atoms with Gasteiger partial charge in [-0.3, -0.25) is 9.59 Å². The third kappa shape index (κ3) is 4.76. The predicted molar refractivity (Wildman–Crippen MR) is 132 cm³/mol. The average Bonchev–Trinajstić information content (AvgIpc) is 3.52. The van der Waals surface area contributed by atoms with E-state index in [0.29, 0.717) is 42.9 Å². The maximum Gasteiger partial charge on any atom is 0.258 e. The van der Waals surface area contributed by atoms with Crippen molar-refractivity contribution >= 4 is 23.2 Å². The summed E-state index contributed by atoms with van der Waals surface area (Å²) in [6.07, 6.45) is 4.16. The van der Waals surface area contributed by atoms with Crippen molar-refractivity contribution in [2.45, 2.75) is 25.7 Å². The zero-order valence-corrected chi connectivity index (χ0v) is 18.7. The fraction of sp³-hybridized carbons (Fsp3) is 0.179. The first-order valence-corrected chi connectivity index (χ1v) is 11.5. The minimum atomic E-state index is -0.0811. The zero-order chi connectivity index (χ0) is 23.3. The first kappa shape index (κ1) is 21.6. The van der Waals surface area contributed by atoms with E-state index in [4.69, 9.17) is 4.42 Å². The number of nitrogens with zero attached hydrogens (tertiary/aromatic N) is 2. The Hall–Kier alpha value is -4.19. The summed E-state index contributed by atoms with van der Waals surface area (Å²) in [6, 6.07) is 24.9. The van der Waals surface area contributed by atoms with Gasteiger partial charge in [-0.15, -0.1) is 0 Å². The molecular weight excluding hydrogens is 426 g/mol. The van der Waals surface area contributed by atoms with Crippen molar-refractivity contribution in [2.24, 2.45) is 0 Å². The Bertz CT molecular complexity index is 1300. The van der Waals surface area contributed by atoms with Gasteiger partial charge in [0, 0.05) is 41.9 Å². The molecule has 0 atom stereocenters. The summed E-state index contributed by atoms with van der Waals surface area (Å²) in [7, 11) is 0. The van der Waals surface area contributed by atoms with Crippen LogP contribution in [-0.4, -0.2) is 23.3 Å². The van der Waals surface area contributed by atoms with E-state index in [9.17, 15) is 9.59 Å². The minimum Gasteiger partial charge on any atom is -0.441 e. The molecule has 6 nitrogen and oxygen atoms in total. The van der Waals surface area contributed by atoms with E-state index in [-0.39, 0.29) is 11.8 Å². The zero-order valence-electron chi connectivity index (χ0n) is 18.7. The second kappa shape index (κ2) is 9.75. The number of nitrogens with one attached hydrogen (secondary N) is 1. The van der Waals surface area contributed by atoms with Crippen LogP contribution in [0.5, 0.6) is 0 Å². The van der Waals surface area contributed by atoms with Gasteiger partial charge in [-0.1, -0.05) is 48.5 Å². The second-order valence-electron chi connectivity index (χ2n) is 8.30. The molecule has 0 bridgehead atoms. The summed E-state index contributed by atoms with van der Waals surface area (Å²) in [6.45, 7) is 0.689. The highest BCUT2D eigenvalue weighted by Crippen LogP contribution is 2.29. The smallest absolute Gasteiger partial charge is 0.258 e. The van der Waals surface area contributed by atoms with E-state index < -0.39 is 0 Å². The number of carbonyl (C=O) groups excluding carboxylic acids is 2. The number of aryl methyl sites for hydroxylation is 1. The van der Waals surface area contributed by atoms with Crippen LogP contribution in [0.25, 0.3) is 11.3 Å². The standard InChI is InChI=1S/C28H25N3O3/c32-26(11-6-12-27-29-19-25(34-27)21-8-2-1-3-9-21)30-23-15-13-22(14-16-23)28(33)31-18-17-20-7-4-5-10-24(20)31/h1-5,7-10,13-16,19H,6,11-12,17-18H2,(H,30,32). The van der Waals surface area contributed by atoms with Crippen molar-refractivity contribution in [1.29, 1.82) is 0 Å². The highest BCUT2D eigenvalue weighted by atomic mass is 16.4. The fourth-order valence-electron chi connectivity index (χ4n) is 4.19. The van der Waals surface area contributed by atoms with Gasteiger partial charge < -0.3 is 14.6 Å². The summed E-state index contributed by atoms with van der Waals surface area (Å²) in [4.78, 5) is 31.4. The van der Waals surface area contributed by atoms with Crippen LogP contribution in [0.15, 0.2) is 89.5 Å². The first-order chi connectivity index (χ1) is 16.7. The maximum absolute atomic E-state index is 12.9. The summed E-state index contributed by atoms with van der Waals surface area (Å²) in [5.74, 6) is 1.25. The minimum absolute atomic E-state index is 0.0244. The SMILES string of the molecule is O=C(CCCc1ncc(-c2ccccc2)o1)Nc1ccc(C(=O)N2CCc3ccccc32)cc1. The van der Waals surface area contributed by atoms with E-state index in [0.717, 1.165) is 23.4 Å². The van der Waals surface area contributed by atoms with Crippen molar-refractivity contribution in [3.63, 3.8) is 0 Å². The van der Waals surface area contributed by atoms with Crippen LogP contribution in [0, 0.1) is 0 Å². The molecule has 0 spiro atoms. The molecule has 0 fully saturated rings. The number of anilines is 2. The van der Waals surface area contributed by atoms with Gasteiger partial charge in [-0.25, -0.2) is 4.98 Å². The van der Waals surface area contributed by atoms with Gasteiger partial charge >= 0.3 is 0 Å². The molecule has 0 saturated carbocycles. The third-order valence-corrected chi connectivity index (χ3v) is 5.95. The summed E-state index contributed by atoms with van der Waals surface area (Å²) < 4.78 is 5.79. The van der Waals surface area contributed by atoms with E-state index in [1.807, 2.05) is 53.4 Å². The molecule has 0 unspecified atom stereocenters. The number of para-hydroxylation sites is 1. The Balaban J connectivity index is 1.11. The van der Waals surface area contributed by atoms with Crippen molar-refractivity contribution in [3.8, 4) is 11.3 Å². The van der Waals surface area contributed by atoms with E-state index >= 15 is 0 Å². The number of benzene rings is 3. The van der Waals surface area contributed by atoms with Gasteiger partial charge in [0.2, 0.25) is 5.91 Å². The molecule has 4 aromatic rings. The lowest BCUT2D eigenvalue weighted by atomic mass is 10.1. The summed E-state index contributed by atoms with van der Waals surface area (Å²) in [5, 5.41) is 2.90. The van der Waals surface area contributed by atoms with E-state index in [2.05, 4.69) is 16.4 Å². The van der Waals surface area contributed by atoms with Gasteiger partial charge in [0.25, 0.3) is 5.91 Å². The van der Waals surface area contributed by atoms with Gasteiger partial charge in [0.1, 0.15) is 0 Å². The van der Waals surface area contributed by atoms with Gasteiger partial charge in [0.05, 0.1) is 6.20 Å². The molecule has 3 aromatic carbocycles. The Morgan fingerprint density at radius 1 is 0.941 bits per heavy atom. The van der Waals surface area contributed by atoms with Gasteiger partial charge in [0.15, 0.2) is 11.7 Å². The lowest BCUT2D eigenvalue weighted by Gasteiger charge is -2.17. The molecule has 0 saturated heterocycles. The molecule has 1 aliphatic rings. The Morgan fingerprint density at radius 3 is 2.53 bits per heavy atom. The van der Waals surface area contributed by atoms with Gasteiger partial charge in [-0.2, -0.15) is 0 Å². The molecule has 1 aliphatic heterocycles. The average molecular weight is 452 g/mol. The molecule has 1 N–H and O–H groups in total. The maximum atomic E-state index is 12.9. The number of rotatable bonds is 7.